The fraction of sp³-hybridized carbons (Fsp3) is 0.200. The maximum Gasteiger partial charge on any atom is 0.391 e. The summed E-state index contributed by atoms with van der Waals surface area (Å²) < 4.78 is 1.54. The molecule has 5 heteroatoms. The van der Waals surface area contributed by atoms with Gasteiger partial charge in [0.05, 0.1) is 7.05 Å². The molecule has 2 N–H and O–H groups in total. The van der Waals surface area contributed by atoms with Gasteiger partial charge in [-0.25, -0.2) is 4.57 Å². The van der Waals surface area contributed by atoms with Gasteiger partial charge in [-0.05, 0) is 23.2 Å². The lowest BCUT2D eigenvalue weighted by molar-refractivity contribution is -0.657. The van der Waals surface area contributed by atoms with E-state index in [4.69, 9.17) is 28.9 Å². The quantitative estimate of drug-likeness (QED) is 0.472. The first-order valence-electron chi connectivity index (χ1n) is 2.59. The third-order valence-corrected chi connectivity index (χ3v) is 1.68. The highest BCUT2D eigenvalue weighted by atomic mass is 35.5. The third kappa shape index (κ3) is 1.30. The number of rotatable bonds is 0. The van der Waals surface area contributed by atoms with Crippen molar-refractivity contribution in [2.24, 2.45) is 7.05 Å². The van der Waals surface area contributed by atoms with Gasteiger partial charge in [0.2, 0.25) is 5.15 Å². The van der Waals surface area contributed by atoms with Crippen LogP contribution < -0.4 is 10.3 Å². The standard InChI is InChI=1S/C5H5Cl2N3/c1-10-4(7)2-3(6)9-5(10)8/h2,8H,1H3/p+1. The summed E-state index contributed by atoms with van der Waals surface area (Å²) in [7, 11) is 1.71. The zero-order valence-corrected chi connectivity index (χ0v) is 6.82. The van der Waals surface area contributed by atoms with E-state index in [9.17, 15) is 0 Å². The Labute approximate surface area is 68.4 Å². The molecule has 0 aliphatic rings. The van der Waals surface area contributed by atoms with Gasteiger partial charge in [-0.15, -0.1) is 0 Å². The van der Waals surface area contributed by atoms with E-state index in [1.54, 1.807) is 7.05 Å². The van der Waals surface area contributed by atoms with Crippen molar-refractivity contribution in [3.05, 3.63) is 16.4 Å². The summed E-state index contributed by atoms with van der Waals surface area (Å²) in [4.78, 5) is 3.76. The summed E-state index contributed by atoms with van der Waals surface area (Å²) in [5.74, 6) is 0.303. The number of hydrogen-bond donors (Lipinski definition) is 1. The summed E-state index contributed by atoms with van der Waals surface area (Å²) in [5.41, 5.74) is 5.40. The smallest absolute Gasteiger partial charge is 0.287 e. The molecule has 0 aliphatic heterocycles. The largest absolute Gasteiger partial charge is 0.391 e. The zero-order valence-electron chi connectivity index (χ0n) is 5.31. The van der Waals surface area contributed by atoms with Crippen LogP contribution in [0.4, 0.5) is 5.95 Å². The van der Waals surface area contributed by atoms with E-state index in [2.05, 4.69) is 4.98 Å². The monoisotopic (exact) mass is 178 g/mol. The second-order valence-corrected chi connectivity index (χ2v) is 2.59. The van der Waals surface area contributed by atoms with Crippen LogP contribution in [0.3, 0.4) is 0 Å². The molecule has 3 nitrogen and oxygen atoms in total. The first-order chi connectivity index (χ1) is 4.61. The molecule has 0 fully saturated rings. The fourth-order valence-corrected chi connectivity index (χ4v) is 0.957. The Balaban J connectivity index is 3.31. The Kier molecular flexibility index (Phi) is 1.97. The van der Waals surface area contributed by atoms with Crippen molar-refractivity contribution in [3.63, 3.8) is 0 Å². The highest BCUT2D eigenvalue weighted by molar-refractivity contribution is 6.32. The van der Waals surface area contributed by atoms with Crippen LogP contribution in [0.2, 0.25) is 10.3 Å². The summed E-state index contributed by atoms with van der Waals surface area (Å²) in [5, 5.41) is 0.776. The van der Waals surface area contributed by atoms with Crippen molar-refractivity contribution < 1.29 is 4.57 Å². The molecule has 0 atom stereocenters. The third-order valence-electron chi connectivity index (χ3n) is 1.12. The highest BCUT2D eigenvalue weighted by Crippen LogP contribution is 2.09. The van der Waals surface area contributed by atoms with Crippen LogP contribution in [0.1, 0.15) is 0 Å². The maximum atomic E-state index is 5.68. The van der Waals surface area contributed by atoms with Gasteiger partial charge in [0.25, 0.3) is 0 Å². The molecule has 0 radical (unpaired) electrons. The minimum Gasteiger partial charge on any atom is -0.287 e. The lowest BCUT2D eigenvalue weighted by atomic mass is 10.6. The lowest BCUT2D eigenvalue weighted by Gasteiger charge is -1.95. The molecule has 0 aliphatic carbocycles. The minimum atomic E-state index is 0.303. The summed E-state index contributed by atoms with van der Waals surface area (Å²) in [6.07, 6.45) is 0. The molecule has 0 spiro atoms. The Morgan fingerprint density at radius 1 is 1.60 bits per heavy atom. The zero-order chi connectivity index (χ0) is 7.72. The molecule has 1 heterocycles. The van der Waals surface area contributed by atoms with Gasteiger partial charge in [0.15, 0.2) is 5.15 Å². The van der Waals surface area contributed by atoms with E-state index < -0.39 is 0 Å². The minimum absolute atomic E-state index is 0.303. The van der Waals surface area contributed by atoms with Gasteiger partial charge in [-0.1, -0.05) is 4.98 Å². The van der Waals surface area contributed by atoms with Gasteiger partial charge in [-0.2, -0.15) is 0 Å². The molecule has 0 saturated heterocycles. The van der Waals surface area contributed by atoms with Gasteiger partial charge >= 0.3 is 5.95 Å². The maximum absolute atomic E-state index is 5.68. The molecule has 10 heavy (non-hydrogen) atoms. The van der Waals surface area contributed by atoms with Crippen LogP contribution in [0.25, 0.3) is 0 Å². The number of nitrogens with zero attached hydrogens (tertiary/aromatic N) is 2. The number of nitrogens with two attached hydrogens (primary N) is 1. The molecule has 0 saturated carbocycles. The van der Waals surface area contributed by atoms with Gasteiger partial charge in [-0.3, -0.25) is 5.73 Å². The molecule has 1 aromatic heterocycles. The van der Waals surface area contributed by atoms with Crippen molar-refractivity contribution in [2.75, 3.05) is 5.73 Å². The number of halogens is 2. The molecular weight excluding hydrogens is 173 g/mol. The van der Waals surface area contributed by atoms with Crippen LogP contribution in [0, 0.1) is 0 Å². The topological polar surface area (TPSA) is 42.8 Å². The summed E-state index contributed by atoms with van der Waals surface area (Å²) >= 11 is 11.2. The van der Waals surface area contributed by atoms with Crippen molar-refractivity contribution in [2.45, 2.75) is 0 Å². The molecule has 0 amide bonds. The van der Waals surface area contributed by atoms with Crippen molar-refractivity contribution in [1.82, 2.24) is 4.98 Å². The van der Waals surface area contributed by atoms with E-state index >= 15 is 0 Å². The van der Waals surface area contributed by atoms with Crippen molar-refractivity contribution in [1.29, 1.82) is 0 Å². The Morgan fingerprint density at radius 2 is 2.20 bits per heavy atom. The first kappa shape index (κ1) is 7.57. The lowest BCUT2D eigenvalue weighted by Crippen LogP contribution is -2.34. The number of nitrogen functional groups attached to an aromatic ring is 1. The molecule has 54 valence electrons. The number of anilines is 1. The first-order valence-corrected chi connectivity index (χ1v) is 3.34. The van der Waals surface area contributed by atoms with Crippen LogP contribution in [-0.2, 0) is 7.05 Å². The predicted molar refractivity (Wildman–Crippen MR) is 39.8 cm³/mol. The number of aromatic nitrogens is 2. The van der Waals surface area contributed by atoms with Gasteiger partial charge in [0, 0.05) is 6.07 Å². The molecule has 0 aromatic carbocycles. The van der Waals surface area contributed by atoms with E-state index in [1.165, 1.54) is 10.6 Å². The predicted octanol–water partition coefficient (Wildman–Crippen LogP) is 0.795. The molecule has 0 unspecified atom stereocenters. The van der Waals surface area contributed by atoms with Crippen LogP contribution >= 0.6 is 23.2 Å². The van der Waals surface area contributed by atoms with Gasteiger partial charge in [0.1, 0.15) is 0 Å². The normalized spacial score (nSPS) is 9.90. The Hall–Kier alpha value is -0.540. The second-order valence-electron chi connectivity index (χ2n) is 1.82. The average molecular weight is 179 g/mol. The SMILES string of the molecule is C[n+]1c(Cl)cc(Cl)nc1N. The van der Waals surface area contributed by atoms with Crippen LogP contribution in [0.15, 0.2) is 6.07 Å². The van der Waals surface area contributed by atoms with E-state index in [1.807, 2.05) is 0 Å². The van der Waals surface area contributed by atoms with Crippen molar-refractivity contribution in [3.8, 4) is 0 Å². The summed E-state index contributed by atoms with van der Waals surface area (Å²) in [6.45, 7) is 0. The Morgan fingerprint density at radius 3 is 2.70 bits per heavy atom. The van der Waals surface area contributed by atoms with Crippen LogP contribution in [-0.4, -0.2) is 4.98 Å². The average Bonchev–Trinajstić information content (AvgIpc) is 1.82. The van der Waals surface area contributed by atoms with E-state index in [-0.39, 0.29) is 0 Å². The van der Waals surface area contributed by atoms with Crippen molar-refractivity contribution >= 4 is 29.2 Å². The Bertz CT molecular complexity index is 238. The van der Waals surface area contributed by atoms with Crippen LogP contribution in [0.5, 0.6) is 0 Å². The van der Waals surface area contributed by atoms with E-state index in [0.29, 0.717) is 16.3 Å². The second kappa shape index (κ2) is 2.60. The number of hydrogen-bond acceptors (Lipinski definition) is 2. The molecular formula is C5H6Cl2N3+. The fourth-order valence-electron chi connectivity index (χ4n) is 0.521. The molecule has 0 bridgehead atoms. The van der Waals surface area contributed by atoms with Gasteiger partial charge < -0.3 is 0 Å². The molecule has 1 rings (SSSR count). The highest BCUT2D eigenvalue weighted by Gasteiger charge is 2.08. The summed E-state index contributed by atoms with van der Waals surface area (Å²) in [6, 6.07) is 1.53. The van der Waals surface area contributed by atoms with E-state index in [0.717, 1.165) is 0 Å². The molecule has 1 aromatic rings.